The van der Waals surface area contributed by atoms with Crippen LogP contribution in [0.15, 0.2) is 54.0 Å². The van der Waals surface area contributed by atoms with Gasteiger partial charge >= 0.3 is 0 Å². The summed E-state index contributed by atoms with van der Waals surface area (Å²) in [6, 6.07) is 14.4. The highest BCUT2D eigenvalue weighted by atomic mass is 32.2. The number of hydrogen-bond acceptors (Lipinski definition) is 5. The summed E-state index contributed by atoms with van der Waals surface area (Å²) < 4.78 is -0.905. The lowest BCUT2D eigenvalue weighted by Crippen LogP contribution is -2.23. The number of nitrogens with one attached hydrogen (secondary N) is 1. The van der Waals surface area contributed by atoms with E-state index in [1.54, 1.807) is 12.4 Å². The van der Waals surface area contributed by atoms with Crippen LogP contribution in [0.5, 0.6) is 0 Å². The zero-order chi connectivity index (χ0) is 14.7. The van der Waals surface area contributed by atoms with Gasteiger partial charge in [-0.1, -0.05) is 53.9 Å². The number of allylic oxidation sites excluding steroid dienone is 1. The SMILES string of the molecule is N#CC1C=C(c2ccccc2)SC1(C#N)Sc1ncc[nH]1. The van der Waals surface area contributed by atoms with Crippen molar-refractivity contribution in [1.29, 1.82) is 10.5 Å². The molecule has 0 bridgehead atoms. The summed E-state index contributed by atoms with van der Waals surface area (Å²) in [6.45, 7) is 0. The first-order valence-corrected chi connectivity index (χ1v) is 7.86. The summed E-state index contributed by atoms with van der Waals surface area (Å²) >= 11 is 2.72. The summed E-state index contributed by atoms with van der Waals surface area (Å²) in [5, 5.41) is 19.7. The van der Waals surface area contributed by atoms with Crippen molar-refractivity contribution in [2.45, 2.75) is 9.24 Å². The maximum atomic E-state index is 9.66. The minimum Gasteiger partial charge on any atom is -0.340 e. The van der Waals surface area contributed by atoms with Crippen molar-refractivity contribution in [3.8, 4) is 12.1 Å². The van der Waals surface area contributed by atoms with E-state index >= 15 is 0 Å². The van der Waals surface area contributed by atoms with Gasteiger partial charge in [0.1, 0.15) is 5.92 Å². The smallest absolute Gasteiger partial charge is 0.179 e. The van der Waals surface area contributed by atoms with Crippen LogP contribution in [-0.2, 0) is 0 Å². The van der Waals surface area contributed by atoms with E-state index in [-0.39, 0.29) is 0 Å². The average molecular weight is 310 g/mol. The Morgan fingerprint density at radius 2 is 2.10 bits per heavy atom. The maximum absolute atomic E-state index is 9.66. The van der Waals surface area contributed by atoms with E-state index in [9.17, 15) is 10.5 Å². The number of rotatable bonds is 3. The van der Waals surface area contributed by atoms with Crippen molar-refractivity contribution in [2.75, 3.05) is 0 Å². The van der Waals surface area contributed by atoms with Crippen LogP contribution in [0.4, 0.5) is 0 Å². The fourth-order valence-electron chi connectivity index (χ4n) is 2.05. The number of aromatic nitrogens is 2. The fourth-order valence-corrected chi connectivity index (χ4v) is 4.62. The van der Waals surface area contributed by atoms with E-state index in [2.05, 4.69) is 22.1 Å². The van der Waals surface area contributed by atoms with Gasteiger partial charge in [0.05, 0.1) is 12.1 Å². The molecule has 0 spiro atoms. The van der Waals surface area contributed by atoms with Crippen LogP contribution in [0.25, 0.3) is 4.91 Å². The molecule has 2 heterocycles. The van der Waals surface area contributed by atoms with Gasteiger partial charge in [-0.15, -0.1) is 0 Å². The third-order valence-electron chi connectivity index (χ3n) is 3.06. The minimum atomic E-state index is -0.905. The van der Waals surface area contributed by atoms with Crippen LogP contribution in [0.2, 0.25) is 0 Å². The van der Waals surface area contributed by atoms with Crippen molar-refractivity contribution in [2.24, 2.45) is 5.92 Å². The van der Waals surface area contributed by atoms with Crippen LogP contribution >= 0.6 is 23.5 Å². The third-order valence-corrected chi connectivity index (χ3v) is 5.87. The molecule has 0 amide bonds. The third kappa shape index (κ3) is 2.56. The molecular formula is C15H10N4S2. The topological polar surface area (TPSA) is 76.3 Å². The van der Waals surface area contributed by atoms with Gasteiger partial charge in [-0.2, -0.15) is 10.5 Å². The quantitative estimate of drug-likeness (QED) is 0.936. The fraction of sp³-hybridized carbons (Fsp3) is 0.133. The Hall–Kier alpha value is -2.15. The van der Waals surface area contributed by atoms with Crippen LogP contribution in [0.1, 0.15) is 5.56 Å². The first-order chi connectivity index (χ1) is 10.3. The molecule has 1 aliphatic heterocycles. The van der Waals surface area contributed by atoms with Crippen molar-refractivity contribution < 1.29 is 0 Å². The monoisotopic (exact) mass is 310 g/mol. The molecule has 1 aromatic heterocycles. The van der Waals surface area contributed by atoms with Gasteiger partial charge in [-0.05, 0) is 11.6 Å². The average Bonchev–Trinajstić information content (AvgIpc) is 3.16. The molecule has 4 nitrogen and oxygen atoms in total. The minimum absolute atomic E-state index is 0.488. The molecule has 6 heteroatoms. The van der Waals surface area contributed by atoms with Crippen molar-refractivity contribution in [1.82, 2.24) is 9.97 Å². The van der Waals surface area contributed by atoms with Crippen LogP contribution in [-0.4, -0.2) is 14.0 Å². The number of benzene rings is 1. The second kappa shape index (κ2) is 5.69. The van der Waals surface area contributed by atoms with Crippen molar-refractivity contribution >= 4 is 28.4 Å². The first kappa shape index (κ1) is 13.8. The number of thioether (sulfide) groups is 2. The number of aromatic amines is 1. The van der Waals surface area contributed by atoms with Gasteiger partial charge in [0.15, 0.2) is 9.24 Å². The Morgan fingerprint density at radius 3 is 2.71 bits per heavy atom. The first-order valence-electron chi connectivity index (χ1n) is 6.23. The van der Waals surface area contributed by atoms with Crippen molar-refractivity contribution in [3.63, 3.8) is 0 Å². The highest BCUT2D eigenvalue weighted by Gasteiger charge is 2.47. The van der Waals surface area contributed by atoms with E-state index in [1.165, 1.54) is 23.5 Å². The lowest BCUT2D eigenvalue weighted by atomic mass is 10.1. The van der Waals surface area contributed by atoms with Gasteiger partial charge in [0.25, 0.3) is 0 Å². The molecule has 21 heavy (non-hydrogen) atoms. The van der Waals surface area contributed by atoms with E-state index in [0.717, 1.165) is 10.5 Å². The van der Waals surface area contributed by atoms with Crippen LogP contribution in [0.3, 0.4) is 0 Å². The molecule has 102 valence electrons. The summed E-state index contributed by atoms with van der Waals surface area (Å²) in [5.41, 5.74) is 1.03. The number of nitrogens with zero attached hydrogens (tertiary/aromatic N) is 3. The molecule has 2 atom stereocenters. The largest absolute Gasteiger partial charge is 0.340 e. The van der Waals surface area contributed by atoms with Gasteiger partial charge in [0.2, 0.25) is 0 Å². The molecule has 0 radical (unpaired) electrons. The molecule has 2 aromatic rings. The summed E-state index contributed by atoms with van der Waals surface area (Å²) in [5.74, 6) is -0.488. The predicted molar refractivity (Wildman–Crippen MR) is 83.9 cm³/mol. The number of imidazole rings is 1. The Morgan fingerprint density at radius 1 is 1.29 bits per heavy atom. The Bertz CT molecular complexity index is 740. The highest BCUT2D eigenvalue weighted by molar-refractivity contribution is 8.23. The van der Waals surface area contributed by atoms with Crippen LogP contribution < -0.4 is 0 Å². The summed E-state index contributed by atoms with van der Waals surface area (Å²) in [4.78, 5) is 8.09. The van der Waals surface area contributed by atoms with Gasteiger partial charge < -0.3 is 4.98 Å². The Kier molecular flexibility index (Phi) is 3.74. The van der Waals surface area contributed by atoms with Gasteiger partial charge in [-0.25, -0.2) is 4.98 Å². The van der Waals surface area contributed by atoms with E-state index in [4.69, 9.17) is 0 Å². The normalized spacial score (nSPS) is 24.1. The standard InChI is InChI=1S/C15H10N4S2/c16-9-12-8-13(11-4-2-1-3-5-11)20-15(12,10-17)21-14-18-6-7-19-14/h1-8,12H,(H,18,19). The number of H-pyrrole nitrogens is 1. The molecular weight excluding hydrogens is 300 g/mol. The highest BCUT2D eigenvalue weighted by Crippen LogP contribution is 2.57. The second-order valence-electron chi connectivity index (χ2n) is 4.38. The molecule has 2 unspecified atom stereocenters. The molecule has 0 aliphatic carbocycles. The van der Waals surface area contributed by atoms with Crippen LogP contribution in [0, 0.1) is 28.6 Å². The summed E-state index contributed by atoms with van der Waals surface area (Å²) in [6.07, 6.45) is 5.22. The molecule has 3 rings (SSSR count). The van der Waals surface area contributed by atoms with Crippen molar-refractivity contribution in [3.05, 3.63) is 54.4 Å². The van der Waals surface area contributed by atoms with Gasteiger partial charge in [-0.3, -0.25) is 0 Å². The Labute approximate surface area is 130 Å². The zero-order valence-corrected chi connectivity index (χ0v) is 12.5. The summed E-state index contributed by atoms with van der Waals surface area (Å²) in [7, 11) is 0. The Balaban J connectivity index is 1.94. The molecule has 1 aromatic carbocycles. The van der Waals surface area contributed by atoms with E-state index in [0.29, 0.717) is 5.16 Å². The number of hydrogen-bond donors (Lipinski definition) is 1. The maximum Gasteiger partial charge on any atom is 0.179 e. The second-order valence-corrected chi connectivity index (χ2v) is 7.16. The lowest BCUT2D eigenvalue weighted by molar-refractivity contribution is 0.837. The lowest BCUT2D eigenvalue weighted by Gasteiger charge is -2.21. The van der Waals surface area contributed by atoms with E-state index < -0.39 is 10.00 Å². The number of nitriles is 2. The van der Waals surface area contributed by atoms with Gasteiger partial charge in [0, 0.05) is 17.3 Å². The molecule has 0 fully saturated rings. The molecule has 1 N–H and O–H groups in total. The molecule has 0 saturated carbocycles. The zero-order valence-electron chi connectivity index (χ0n) is 10.9. The van der Waals surface area contributed by atoms with E-state index in [1.807, 2.05) is 36.4 Å². The predicted octanol–water partition coefficient (Wildman–Crippen LogP) is 3.65. The molecule has 1 aliphatic rings. The molecule has 0 saturated heterocycles.